The summed E-state index contributed by atoms with van der Waals surface area (Å²) in [5.41, 5.74) is 3.61. The van der Waals surface area contributed by atoms with Crippen LogP contribution in [0.3, 0.4) is 0 Å². The van der Waals surface area contributed by atoms with E-state index in [0.717, 1.165) is 16.3 Å². The topological polar surface area (TPSA) is 79.8 Å². The zero-order chi connectivity index (χ0) is 20.6. The summed E-state index contributed by atoms with van der Waals surface area (Å²) >= 11 is 5.80. The standard InChI is InChI=1S/C22H20ClN3O3/c1-2-29-20-12-9-15-5-3-4-6-18(15)19(20)13-25-26-21(27)14-24-22(28)16-7-10-17(23)11-8-16/h3-13H,2,14H2,1H3,(H,24,28)(H,26,27). The Morgan fingerprint density at radius 1 is 1.07 bits per heavy atom. The average Bonchev–Trinajstić information content (AvgIpc) is 2.74. The van der Waals surface area contributed by atoms with Gasteiger partial charge in [0.1, 0.15) is 5.75 Å². The summed E-state index contributed by atoms with van der Waals surface area (Å²) in [5.74, 6) is -0.129. The molecular formula is C22H20ClN3O3. The summed E-state index contributed by atoms with van der Waals surface area (Å²) in [6, 6.07) is 18.1. The minimum Gasteiger partial charge on any atom is -0.493 e. The Hall–Kier alpha value is -3.38. The number of hydrogen-bond donors (Lipinski definition) is 2. The molecule has 0 radical (unpaired) electrons. The Balaban J connectivity index is 1.63. The molecule has 7 heteroatoms. The van der Waals surface area contributed by atoms with Crippen LogP contribution in [0.25, 0.3) is 10.8 Å². The third-order valence-corrected chi connectivity index (χ3v) is 4.38. The van der Waals surface area contributed by atoms with Gasteiger partial charge in [0, 0.05) is 16.1 Å². The van der Waals surface area contributed by atoms with Crippen LogP contribution in [0.5, 0.6) is 5.75 Å². The van der Waals surface area contributed by atoms with Crippen LogP contribution >= 0.6 is 11.6 Å². The zero-order valence-corrected chi connectivity index (χ0v) is 16.6. The molecule has 2 amide bonds. The first-order valence-corrected chi connectivity index (χ1v) is 9.46. The van der Waals surface area contributed by atoms with Gasteiger partial charge in [0.25, 0.3) is 11.8 Å². The molecule has 0 saturated carbocycles. The second-order valence-electron chi connectivity index (χ2n) is 6.11. The molecule has 2 N–H and O–H groups in total. The third kappa shape index (κ3) is 5.33. The lowest BCUT2D eigenvalue weighted by Gasteiger charge is -2.10. The predicted octanol–water partition coefficient (Wildman–Crippen LogP) is 3.77. The number of hydrogen-bond acceptors (Lipinski definition) is 4. The van der Waals surface area contributed by atoms with E-state index in [4.69, 9.17) is 16.3 Å². The van der Waals surface area contributed by atoms with Crippen molar-refractivity contribution in [1.82, 2.24) is 10.7 Å². The van der Waals surface area contributed by atoms with Gasteiger partial charge in [-0.15, -0.1) is 0 Å². The van der Waals surface area contributed by atoms with E-state index in [9.17, 15) is 9.59 Å². The lowest BCUT2D eigenvalue weighted by Crippen LogP contribution is -2.34. The highest BCUT2D eigenvalue weighted by Gasteiger charge is 2.09. The van der Waals surface area contributed by atoms with Crippen molar-refractivity contribution in [1.29, 1.82) is 0 Å². The van der Waals surface area contributed by atoms with E-state index in [2.05, 4.69) is 15.8 Å². The van der Waals surface area contributed by atoms with Gasteiger partial charge in [0.05, 0.1) is 19.4 Å². The molecule has 0 unspecified atom stereocenters. The second-order valence-corrected chi connectivity index (χ2v) is 6.55. The molecule has 0 aliphatic heterocycles. The highest BCUT2D eigenvalue weighted by Crippen LogP contribution is 2.26. The maximum atomic E-state index is 12.0. The molecule has 0 heterocycles. The van der Waals surface area contributed by atoms with Gasteiger partial charge in [-0.05, 0) is 48.0 Å². The highest BCUT2D eigenvalue weighted by molar-refractivity contribution is 6.30. The van der Waals surface area contributed by atoms with Gasteiger partial charge in [-0.1, -0.05) is 41.9 Å². The van der Waals surface area contributed by atoms with Crippen LogP contribution in [0.4, 0.5) is 0 Å². The van der Waals surface area contributed by atoms with Crippen molar-refractivity contribution in [3.8, 4) is 5.75 Å². The Morgan fingerprint density at radius 3 is 2.59 bits per heavy atom. The number of nitrogens with zero attached hydrogens (tertiary/aromatic N) is 1. The van der Waals surface area contributed by atoms with Gasteiger partial charge in [-0.3, -0.25) is 9.59 Å². The largest absolute Gasteiger partial charge is 0.493 e. The van der Waals surface area contributed by atoms with Gasteiger partial charge in [0.15, 0.2) is 0 Å². The Kier molecular flexibility index (Phi) is 6.81. The number of nitrogens with one attached hydrogen (secondary N) is 2. The maximum absolute atomic E-state index is 12.0. The summed E-state index contributed by atoms with van der Waals surface area (Å²) < 4.78 is 5.67. The summed E-state index contributed by atoms with van der Waals surface area (Å²) in [6.45, 7) is 2.22. The Bertz CT molecular complexity index is 1050. The summed E-state index contributed by atoms with van der Waals surface area (Å²) in [7, 11) is 0. The molecule has 29 heavy (non-hydrogen) atoms. The molecule has 6 nitrogen and oxygen atoms in total. The van der Waals surface area contributed by atoms with Crippen LogP contribution < -0.4 is 15.5 Å². The van der Waals surface area contributed by atoms with Crippen molar-refractivity contribution in [2.75, 3.05) is 13.2 Å². The van der Waals surface area contributed by atoms with Gasteiger partial charge in [-0.25, -0.2) is 5.43 Å². The number of carbonyl (C=O) groups is 2. The minimum atomic E-state index is -0.443. The van der Waals surface area contributed by atoms with Crippen LogP contribution in [0.1, 0.15) is 22.8 Å². The second kappa shape index (κ2) is 9.71. The van der Waals surface area contributed by atoms with Crippen molar-refractivity contribution >= 4 is 40.4 Å². The van der Waals surface area contributed by atoms with E-state index in [-0.39, 0.29) is 12.5 Å². The van der Waals surface area contributed by atoms with E-state index in [1.54, 1.807) is 30.5 Å². The smallest absolute Gasteiger partial charge is 0.259 e. The lowest BCUT2D eigenvalue weighted by atomic mass is 10.0. The molecule has 0 atom stereocenters. The molecule has 0 aliphatic carbocycles. The number of hydrazone groups is 1. The lowest BCUT2D eigenvalue weighted by molar-refractivity contribution is -0.120. The zero-order valence-electron chi connectivity index (χ0n) is 15.8. The molecule has 0 aliphatic rings. The molecule has 0 fully saturated rings. The van der Waals surface area contributed by atoms with Crippen LogP contribution in [0.15, 0.2) is 65.8 Å². The molecule has 3 aromatic rings. The fourth-order valence-electron chi connectivity index (χ4n) is 2.76. The van der Waals surface area contributed by atoms with Gasteiger partial charge in [0.2, 0.25) is 0 Å². The molecule has 0 spiro atoms. The summed E-state index contributed by atoms with van der Waals surface area (Å²) in [5, 5.41) is 9.10. The number of amides is 2. The van der Waals surface area contributed by atoms with E-state index in [1.165, 1.54) is 0 Å². The van der Waals surface area contributed by atoms with E-state index >= 15 is 0 Å². The van der Waals surface area contributed by atoms with Gasteiger partial charge < -0.3 is 10.1 Å². The van der Waals surface area contributed by atoms with Crippen LogP contribution in [0.2, 0.25) is 5.02 Å². The fourth-order valence-corrected chi connectivity index (χ4v) is 2.89. The molecule has 3 rings (SSSR count). The van der Waals surface area contributed by atoms with Crippen molar-refractivity contribution in [3.63, 3.8) is 0 Å². The first kappa shape index (κ1) is 20.4. The monoisotopic (exact) mass is 409 g/mol. The normalized spacial score (nSPS) is 10.8. The van der Waals surface area contributed by atoms with Crippen molar-refractivity contribution in [2.45, 2.75) is 6.92 Å². The van der Waals surface area contributed by atoms with Crippen molar-refractivity contribution < 1.29 is 14.3 Å². The van der Waals surface area contributed by atoms with Crippen molar-refractivity contribution in [3.05, 3.63) is 76.8 Å². The van der Waals surface area contributed by atoms with Gasteiger partial charge >= 0.3 is 0 Å². The molecule has 0 aromatic heterocycles. The average molecular weight is 410 g/mol. The molecular weight excluding hydrogens is 390 g/mol. The minimum absolute atomic E-state index is 0.202. The van der Waals surface area contributed by atoms with E-state index in [1.807, 2.05) is 43.3 Å². The quantitative estimate of drug-likeness (QED) is 0.460. The SMILES string of the molecule is CCOc1ccc2ccccc2c1C=NNC(=O)CNC(=O)c1ccc(Cl)cc1. The predicted molar refractivity (Wildman–Crippen MR) is 115 cm³/mol. The van der Waals surface area contributed by atoms with Crippen molar-refractivity contribution in [2.24, 2.45) is 5.10 Å². The third-order valence-electron chi connectivity index (χ3n) is 4.13. The molecule has 0 bridgehead atoms. The number of carbonyl (C=O) groups excluding carboxylic acids is 2. The van der Waals surface area contributed by atoms with E-state index in [0.29, 0.717) is 22.9 Å². The summed E-state index contributed by atoms with van der Waals surface area (Å²) in [6.07, 6.45) is 1.55. The molecule has 3 aromatic carbocycles. The van der Waals surface area contributed by atoms with Crippen LogP contribution in [-0.4, -0.2) is 31.2 Å². The van der Waals surface area contributed by atoms with Gasteiger partial charge in [-0.2, -0.15) is 5.10 Å². The number of fused-ring (bicyclic) bond motifs is 1. The number of ether oxygens (including phenoxy) is 1. The Labute approximate surface area is 173 Å². The number of halogens is 1. The first-order valence-electron chi connectivity index (χ1n) is 9.08. The number of benzene rings is 3. The van der Waals surface area contributed by atoms with Crippen LogP contribution in [0, 0.1) is 0 Å². The summed E-state index contributed by atoms with van der Waals surface area (Å²) in [4.78, 5) is 24.0. The number of rotatable bonds is 7. The molecule has 0 saturated heterocycles. The highest BCUT2D eigenvalue weighted by atomic mass is 35.5. The van der Waals surface area contributed by atoms with Crippen LogP contribution in [-0.2, 0) is 4.79 Å². The van der Waals surface area contributed by atoms with E-state index < -0.39 is 5.91 Å². The first-order chi connectivity index (χ1) is 14.1. The Morgan fingerprint density at radius 2 is 1.83 bits per heavy atom. The maximum Gasteiger partial charge on any atom is 0.259 e. The fraction of sp³-hybridized carbons (Fsp3) is 0.136. The molecule has 148 valence electrons.